The van der Waals surface area contributed by atoms with Crippen LogP contribution in [0.25, 0.3) is 0 Å². The summed E-state index contributed by atoms with van der Waals surface area (Å²) in [5, 5.41) is 5.47. The highest BCUT2D eigenvalue weighted by molar-refractivity contribution is 9.10. The molecule has 6 nitrogen and oxygen atoms in total. The molecule has 2 aromatic carbocycles. The normalized spacial score (nSPS) is 12.6. The molecule has 0 spiro atoms. The van der Waals surface area contributed by atoms with E-state index < -0.39 is 11.9 Å². The molecule has 0 heterocycles. The molecule has 0 saturated heterocycles. The predicted octanol–water partition coefficient (Wildman–Crippen LogP) is 2.62. The minimum Gasteiger partial charge on any atom is -0.368 e. The van der Waals surface area contributed by atoms with Gasteiger partial charge in [-0.1, -0.05) is 58.4 Å². The van der Waals surface area contributed by atoms with Crippen molar-refractivity contribution < 1.29 is 14.4 Å². The zero-order chi connectivity index (χ0) is 20.5. The average Bonchev–Trinajstić information content (AvgIpc) is 2.66. The fraction of sp³-hybridized carbons (Fsp3) is 0.286. The number of nitrogens with one attached hydrogen (secondary N) is 2. The molecule has 2 atom stereocenters. The monoisotopic (exact) mass is 445 g/mol. The zero-order valence-corrected chi connectivity index (χ0v) is 17.2. The number of hydrogen-bond acceptors (Lipinski definition) is 3. The lowest BCUT2D eigenvalue weighted by atomic mass is 10.1. The van der Waals surface area contributed by atoms with Gasteiger partial charge in [-0.25, -0.2) is 0 Å². The van der Waals surface area contributed by atoms with Crippen LogP contribution in [-0.4, -0.2) is 23.8 Å². The number of carbonyl (C=O) groups excluding carboxylic acids is 3. The fourth-order valence-corrected chi connectivity index (χ4v) is 3.20. The largest absolute Gasteiger partial charge is 0.368 e. The molecule has 2 aromatic rings. The molecule has 0 aliphatic heterocycles. The van der Waals surface area contributed by atoms with Crippen LogP contribution in [0.2, 0.25) is 0 Å². The van der Waals surface area contributed by atoms with Gasteiger partial charge in [0.15, 0.2) is 0 Å². The molecule has 2 rings (SSSR count). The summed E-state index contributed by atoms with van der Waals surface area (Å²) in [7, 11) is 0. The Morgan fingerprint density at radius 3 is 2.21 bits per heavy atom. The van der Waals surface area contributed by atoms with Gasteiger partial charge in [-0.2, -0.15) is 0 Å². The number of rotatable bonds is 9. The van der Waals surface area contributed by atoms with Crippen molar-refractivity contribution in [3.05, 3.63) is 70.2 Å². The molecule has 148 valence electrons. The molecule has 0 unspecified atom stereocenters. The number of benzene rings is 2. The van der Waals surface area contributed by atoms with Gasteiger partial charge in [-0.3, -0.25) is 14.4 Å². The third-order valence-corrected chi connectivity index (χ3v) is 4.76. The quantitative estimate of drug-likeness (QED) is 0.552. The second kappa shape index (κ2) is 10.6. The van der Waals surface area contributed by atoms with E-state index in [0.717, 1.165) is 15.6 Å². The topological polar surface area (TPSA) is 101 Å². The zero-order valence-electron chi connectivity index (χ0n) is 15.7. The van der Waals surface area contributed by atoms with Crippen LogP contribution in [0.15, 0.2) is 59.1 Å². The first-order chi connectivity index (χ1) is 13.3. The molecule has 0 aromatic heterocycles. The maximum Gasteiger partial charge on any atom is 0.240 e. The number of halogens is 1. The second-order valence-corrected chi connectivity index (χ2v) is 7.47. The van der Waals surface area contributed by atoms with E-state index in [4.69, 9.17) is 5.73 Å². The fourth-order valence-electron chi connectivity index (χ4n) is 2.75. The van der Waals surface area contributed by atoms with Gasteiger partial charge in [0, 0.05) is 23.7 Å². The first-order valence-corrected chi connectivity index (χ1v) is 9.82. The Kier molecular flexibility index (Phi) is 8.19. The number of carbonyl (C=O) groups is 3. The SMILES string of the molecule is C[C@@H](NC(=O)CCC(=O)N[C@H](Cc1cccc(Br)c1)C(N)=O)c1ccccc1. The molecular formula is C21H24BrN3O3. The Morgan fingerprint density at radius 2 is 1.61 bits per heavy atom. The summed E-state index contributed by atoms with van der Waals surface area (Å²) in [6.07, 6.45) is 0.304. The van der Waals surface area contributed by atoms with Gasteiger partial charge in [-0.05, 0) is 30.2 Å². The van der Waals surface area contributed by atoms with Crippen molar-refractivity contribution in [2.75, 3.05) is 0 Å². The van der Waals surface area contributed by atoms with Gasteiger partial charge in [0.2, 0.25) is 17.7 Å². The summed E-state index contributed by atoms with van der Waals surface area (Å²) < 4.78 is 0.878. The van der Waals surface area contributed by atoms with Crippen LogP contribution >= 0.6 is 15.9 Å². The smallest absolute Gasteiger partial charge is 0.240 e. The second-order valence-electron chi connectivity index (χ2n) is 6.56. The first kappa shape index (κ1) is 21.6. The maximum atomic E-state index is 12.2. The number of nitrogens with two attached hydrogens (primary N) is 1. The lowest BCUT2D eigenvalue weighted by Gasteiger charge is -2.17. The van der Waals surface area contributed by atoms with Crippen LogP contribution in [-0.2, 0) is 20.8 Å². The maximum absolute atomic E-state index is 12.2. The van der Waals surface area contributed by atoms with Crippen molar-refractivity contribution in [1.29, 1.82) is 0 Å². The summed E-state index contributed by atoms with van der Waals surface area (Å²) in [5.74, 6) is -1.23. The van der Waals surface area contributed by atoms with Crippen molar-refractivity contribution in [3.63, 3.8) is 0 Å². The van der Waals surface area contributed by atoms with E-state index >= 15 is 0 Å². The molecular weight excluding hydrogens is 422 g/mol. The minimum absolute atomic E-state index is 0.0182. The van der Waals surface area contributed by atoms with Gasteiger partial charge >= 0.3 is 0 Å². The first-order valence-electron chi connectivity index (χ1n) is 9.02. The lowest BCUT2D eigenvalue weighted by Crippen LogP contribution is -2.46. The summed E-state index contributed by atoms with van der Waals surface area (Å²) >= 11 is 3.37. The van der Waals surface area contributed by atoms with Crippen LogP contribution in [0.3, 0.4) is 0 Å². The molecule has 0 radical (unpaired) electrons. The molecule has 0 saturated carbocycles. The van der Waals surface area contributed by atoms with Crippen LogP contribution in [0.4, 0.5) is 0 Å². The highest BCUT2D eigenvalue weighted by Crippen LogP contribution is 2.14. The van der Waals surface area contributed by atoms with Crippen molar-refractivity contribution in [2.45, 2.75) is 38.3 Å². The Labute approximate surface area is 173 Å². The molecule has 0 aliphatic carbocycles. The molecule has 0 bridgehead atoms. The van der Waals surface area contributed by atoms with Gasteiger partial charge in [0.1, 0.15) is 6.04 Å². The van der Waals surface area contributed by atoms with E-state index in [1.165, 1.54) is 0 Å². The molecule has 28 heavy (non-hydrogen) atoms. The van der Waals surface area contributed by atoms with Crippen molar-refractivity contribution in [2.24, 2.45) is 5.73 Å². The lowest BCUT2D eigenvalue weighted by molar-refractivity contribution is -0.129. The van der Waals surface area contributed by atoms with Crippen LogP contribution in [0.5, 0.6) is 0 Å². The number of amides is 3. The molecule has 4 N–H and O–H groups in total. The summed E-state index contributed by atoms with van der Waals surface area (Å²) in [5.41, 5.74) is 7.27. The molecule has 7 heteroatoms. The van der Waals surface area contributed by atoms with E-state index in [0.29, 0.717) is 0 Å². The Morgan fingerprint density at radius 1 is 0.964 bits per heavy atom. The number of hydrogen-bond donors (Lipinski definition) is 3. The number of primary amides is 1. The van der Waals surface area contributed by atoms with Crippen LogP contribution in [0, 0.1) is 0 Å². The summed E-state index contributed by atoms with van der Waals surface area (Å²) in [6, 6.07) is 16.0. The van der Waals surface area contributed by atoms with Crippen molar-refractivity contribution >= 4 is 33.7 Å². The average molecular weight is 446 g/mol. The molecule has 0 fully saturated rings. The van der Waals surface area contributed by atoms with E-state index in [-0.39, 0.29) is 37.1 Å². The Hall–Kier alpha value is -2.67. The van der Waals surface area contributed by atoms with Crippen molar-refractivity contribution in [3.8, 4) is 0 Å². The molecule has 0 aliphatic rings. The Balaban J connectivity index is 1.82. The van der Waals surface area contributed by atoms with Gasteiger partial charge in [-0.15, -0.1) is 0 Å². The third-order valence-electron chi connectivity index (χ3n) is 4.26. The predicted molar refractivity (Wildman–Crippen MR) is 111 cm³/mol. The van der Waals surface area contributed by atoms with Crippen molar-refractivity contribution in [1.82, 2.24) is 10.6 Å². The van der Waals surface area contributed by atoms with Crippen LogP contribution < -0.4 is 16.4 Å². The molecule has 3 amide bonds. The van der Waals surface area contributed by atoms with Gasteiger partial charge in [0.25, 0.3) is 0 Å². The minimum atomic E-state index is -0.826. The summed E-state index contributed by atoms with van der Waals surface area (Å²) in [4.78, 5) is 35.9. The highest BCUT2D eigenvalue weighted by Gasteiger charge is 2.19. The third kappa shape index (κ3) is 7.15. The Bertz CT molecular complexity index is 827. The van der Waals surface area contributed by atoms with Gasteiger partial charge < -0.3 is 16.4 Å². The van der Waals surface area contributed by atoms with E-state index in [1.54, 1.807) is 0 Å². The van der Waals surface area contributed by atoms with E-state index in [9.17, 15) is 14.4 Å². The highest BCUT2D eigenvalue weighted by atomic mass is 79.9. The van der Waals surface area contributed by atoms with Crippen LogP contribution in [0.1, 0.15) is 36.9 Å². The standard InChI is InChI=1S/C21H24BrN3O3/c1-14(16-7-3-2-4-8-16)24-19(26)10-11-20(27)25-18(21(23)28)13-15-6-5-9-17(22)12-15/h2-9,12,14,18H,10-11,13H2,1H3,(H2,23,28)(H,24,26)(H,25,27)/t14-,18-/m1/s1. The van der Waals surface area contributed by atoms with E-state index in [2.05, 4.69) is 26.6 Å². The van der Waals surface area contributed by atoms with Gasteiger partial charge in [0.05, 0.1) is 6.04 Å². The van der Waals surface area contributed by atoms with E-state index in [1.807, 2.05) is 61.5 Å². The summed E-state index contributed by atoms with van der Waals surface area (Å²) in [6.45, 7) is 1.88.